The lowest BCUT2D eigenvalue weighted by Crippen LogP contribution is -2.51. The Morgan fingerprint density at radius 2 is 1.81 bits per heavy atom. The van der Waals surface area contributed by atoms with Crippen LogP contribution in [0.4, 0.5) is 4.79 Å². The van der Waals surface area contributed by atoms with Crippen molar-refractivity contribution in [2.45, 2.75) is 45.3 Å². The number of alkyl carbamates (subject to hydrolysis) is 1. The van der Waals surface area contributed by atoms with Crippen LogP contribution in [0.15, 0.2) is 30.3 Å². The first-order chi connectivity index (χ1) is 12.2. The van der Waals surface area contributed by atoms with E-state index in [-0.39, 0.29) is 5.91 Å². The fourth-order valence-electron chi connectivity index (χ4n) is 2.99. The number of hydrogen-bond acceptors (Lipinski definition) is 4. The Morgan fingerprint density at radius 3 is 2.46 bits per heavy atom. The fourth-order valence-corrected chi connectivity index (χ4v) is 2.99. The maximum absolute atomic E-state index is 13.1. The van der Waals surface area contributed by atoms with Crippen LogP contribution in [-0.2, 0) is 16.0 Å². The molecule has 1 saturated heterocycles. The highest BCUT2D eigenvalue weighted by Gasteiger charge is 2.29. The van der Waals surface area contributed by atoms with Crippen molar-refractivity contribution < 1.29 is 14.3 Å². The molecule has 1 aliphatic rings. The van der Waals surface area contributed by atoms with Crippen molar-refractivity contribution >= 4 is 12.0 Å². The minimum absolute atomic E-state index is 0.0463. The Kier molecular flexibility index (Phi) is 7.03. The van der Waals surface area contributed by atoms with Crippen LogP contribution in [0.1, 0.15) is 32.8 Å². The molecular formula is C20H31N3O3. The lowest BCUT2D eigenvalue weighted by molar-refractivity contribution is -0.133. The highest BCUT2D eigenvalue weighted by molar-refractivity contribution is 5.86. The maximum Gasteiger partial charge on any atom is 0.408 e. The highest BCUT2D eigenvalue weighted by atomic mass is 16.6. The highest BCUT2D eigenvalue weighted by Crippen LogP contribution is 2.11. The van der Waals surface area contributed by atoms with Crippen molar-refractivity contribution in [1.29, 1.82) is 0 Å². The summed E-state index contributed by atoms with van der Waals surface area (Å²) in [5.74, 6) is -0.0463. The van der Waals surface area contributed by atoms with Crippen molar-refractivity contribution in [2.24, 2.45) is 0 Å². The fraction of sp³-hybridized carbons (Fsp3) is 0.600. The van der Waals surface area contributed by atoms with Gasteiger partial charge in [-0.1, -0.05) is 30.3 Å². The molecule has 1 aromatic carbocycles. The van der Waals surface area contributed by atoms with Gasteiger partial charge < -0.3 is 19.9 Å². The monoisotopic (exact) mass is 361 g/mol. The summed E-state index contributed by atoms with van der Waals surface area (Å²) in [6.07, 6.45) is 0.830. The summed E-state index contributed by atoms with van der Waals surface area (Å²) < 4.78 is 5.36. The number of amides is 2. The summed E-state index contributed by atoms with van der Waals surface area (Å²) in [6.45, 7) is 8.64. The molecule has 0 aliphatic carbocycles. The van der Waals surface area contributed by atoms with Crippen LogP contribution in [-0.4, -0.2) is 66.7 Å². The number of carbonyl (C=O) groups excluding carboxylic acids is 2. The predicted octanol–water partition coefficient (Wildman–Crippen LogP) is 2.29. The third-order valence-corrected chi connectivity index (χ3v) is 4.30. The first-order valence-electron chi connectivity index (χ1n) is 9.25. The summed E-state index contributed by atoms with van der Waals surface area (Å²) in [6, 6.07) is 9.11. The summed E-state index contributed by atoms with van der Waals surface area (Å²) in [4.78, 5) is 29.4. The van der Waals surface area contributed by atoms with Gasteiger partial charge in [-0.05, 0) is 46.3 Å². The molecule has 0 aromatic heterocycles. The van der Waals surface area contributed by atoms with E-state index in [1.807, 2.05) is 56.0 Å². The molecule has 1 aromatic rings. The molecule has 1 N–H and O–H groups in total. The minimum Gasteiger partial charge on any atom is -0.444 e. The Labute approximate surface area is 156 Å². The van der Waals surface area contributed by atoms with Gasteiger partial charge in [0.1, 0.15) is 11.6 Å². The summed E-state index contributed by atoms with van der Waals surface area (Å²) in [7, 11) is 2.06. The van der Waals surface area contributed by atoms with Crippen molar-refractivity contribution in [2.75, 3.05) is 33.2 Å². The van der Waals surface area contributed by atoms with Crippen LogP contribution in [0.2, 0.25) is 0 Å². The number of ether oxygens (including phenoxy) is 1. The molecule has 26 heavy (non-hydrogen) atoms. The van der Waals surface area contributed by atoms with Gasteiger partial charge in [0.25, 0.3) is 0 Å². The van der Waals surface area contributed by atoms with Gasteiger partial charge in [0.2, 0.25) is 5.91 Å². The van der Waals surface area contributed by atoms with E-state index in [4.69, 9.17) is 4.74 Å². The molecule has 1 aliphatic heterocycles. The molecule has 6 nitrogen and oxygen atoms in total. The average Bonchev–Trinajstić information content (AvgIpc) is 2.77. The van der Waals surface area contributed by atoms with Crippen LogP contribution >= 0.6 is 0 Å². The van der Waals surface area contributed by atoms with E-state index in [1.165, 1.54) is 0 Å². The van der Waals surface area contributed by atoms with Crippen molar-refractivity contribution in [3.63, 3.8) is 0 Å². The zero-order valence-electron chi connectivity index (χ0n) is 16.3. The van der Waals surface area contributed by atoms with E-state index < -0.39 is 17.7 Å². The molecule has 144 valence electrons. The average molecular weight is 361 g/mol. The van der Waals surface area contributed by atoms with Gasteiger partial charge in [-0.2, -0.15) is 0 Å². The molecule has 2 amide bonds. The molecule has 2 rings (SSSR count). The van der Waals surface area contributed by atoms with Crippen LogP contribution in [0.25, 0.3) is 0 Å². The van der Waals surface area contributed by atoms with Gasteiger partial charge in [-0.15, -0.1) is 0 Å². The Morgan fingerprint density at radius 1 is 1.12 bits per heavy atom. The van der Waals surface area contributed by atoms with Gasteiger partial charge in [-0.25, -0.2) is 4.79 Å². The van der Waals surface area contributed by atoms with E-state index >= 15 is 0 Å². The summed E-state index contributed by atoms with van der Waals surface area (Å²) >= 11 is 0. The SMILES string of the molecule is CN1CCCN(C(=O)[C@H](Cc2ccccc2)NC(=O)OC(C)(C)C)CC1. The molecule has 0 bridgehead atoms. The first kappa shape index (κ1) is 20.2. The summed E-state index contributed by atoms with van der Waals surface area (Å²) in [5, 5.41) is 2.78. The number of likely N-dealkylation sites (N-methyl/N-ethyl adjacent to an activating group) is 1. The van der Waals surface area contributed by atoms with Crippen molar-refractivity contribution in [1.82, 2.24) is 15.1 Å². The van der Waals surface area contributed by atoms with Crippen LogP contribution in [0.3, 0.4) is 0 Å². The van der Waals surface area contributed by atoms with Gasteiger partial charge >= 0.3 is 6.09 Å². The number of hydrogen-bond donors (Lipinski definition) is 1. The third-order valence-electron chi connectivity index (χ3n) is 4.30. The topological polar surface area (TPSA) is 61.9 Å². The second kappa shape index (κ2) is 9.03. The van der Waals surface area contributed by atoms with Gasteiger partial charge in [-0.3, -0.25) is 4.79 Å². The van der Waals surface area contributed by atoms with E-state index in [2.05, 4.69) is 17.3 Å². The standard InChI is InChI=1S/C20H31N3O3/c1-20(2,3)26-19(25)21-17(15-16-9-6-5-7-10-16)18(24)23-12-8-11-22(4)13-14-23/h5-7,9-10,17H,8,11-15H2,1-4H3,(H,21,25)/t17-/m0/s1. The van der Waals surface area contributed by atoms with Crippen LogP contribution in [0, 0.1) is 0 Å². The molecule has 6 heteroatoms. The smallest absolute Gasteiger partial charge is 0.408 e. The number of carbonyl (C=O) groups is 2. The molecule has 0 unspecified atom stereocenters. The number of benzene rings is 1. The minimum atomic E-state index is -0.629. The van der Waals surface area contributed by atoms with Crippen LogP contribution < -0.4 is 5.32 Å². The number of nitrogens with zero attached hydrogens (tertiary/aromatic N) is 2. The molecule has 1 heterocycles. The molecular weight excluding hydrogens is 330 g/mol. The Hall–Kier alpha value is -2.08. The predicted molar refractivity (Wildman–Crippen MR) is 102 cm³/mol. The Balaban J connectivity index is 2.10. The largest absolute Gasteiger partial charge is 0.444 e. The van der Waals surface area contributed by atoms with E-state index in [0.717, 1.165) is 25.1 Å². The van der Waals surface area contributed by atoms with Crippen LogP contribution in [0.5, 0.6) is 0 Å². The lowest BCUT2D eigenvalue weighted by Gasteiger charge is -2.28. The van der Waals surface area contributed by atoms with Crippen molar-refractivity contribution in [3.8, 4) is 0 Å². The molecule has 1 fully saturated rings. The van der Waals surface area contributed by atoms with Gasteiger partial charge in [0.05, 0.1) is 0 Å². The molecule has 0 saturated carbocycles. The molecule has 1 atom stereocenters. The first-order valence-corrected chi connectivity index (χ1v) is 9.25. The lowest BCUT2D eigenvalue weighted by atomic mass is 10.0. The number of rotatable bonds is 4. The zero-order valence-corrected chi connectivity index (χ0v) is 16.3. The maximum atomic E-state index is 13.1. The van der Waals surface area contributed by atoms with E-state index in [9.17, 15) is 9.59 Å². The number of nitrogens with one attached hydrogen (secondary N) is 1. The second-order valence-corrected chi connectivity index (χ2v) is 7.87. The quantitative estimate of drug-likeness (QED) is 0.894. The van der Waals surface area contributed by atoms with E-state index in [0.29, 0.717) is 19.5 Å². The van der Waals surface area contributed by atoms with Gasteiger partial charge in [0, 0.05) is 26.1 Å². The molecule has 0 spiro atoms. The third kappa shape index (κ3) is 6.67. The second-order valence-electron chi connectivity index (χ2n) is 7.87. The van der Waals surface area contributed by atoms with Crippen molar-refractivity contribution in [3.05, 3.63) is 35.9 Å². The zero-order chi connectivity index (χ0) is 19.2. The normalized spacial score (nSPS) is 17.3. The summed E-state index contributed by atoms with van der Waals surface area (Å²) in [5.41, 5.74) is 0.407. The Bertz CT molecular complexity index is 598. The molecule has 0 radical (unpaired) electrons. The van der Waals surface area contributed by atoms with Gasteiger partial charge in [0.15, 0.2) is 0 Å². The van der Waals surface area contributed by atoms with E-state index in [1.54, 1.807) is 0 Å².